The number of aromatic nitrogens is 3. The molecular weight excluding hydrogens is 313 g/mol. The fourth-order valence-corrected chi connectivity index (χ4v) is 2.37. The van der Waals surface area contributed by atoms with E-state index in [4.69, 9.17) is 0 Å². The summed E-state index contributed by atoms with van der Waals surface area (Å²) in [5.74, 6) is -0.142. The van der Waals surface area contributed by atoms with Crippen molar-refractivity contribution in [3.05, 3.63) is 77.9 Å². The second-order valence-electron chi connectivity index (χ2n) is 5.68. The summed E-state index contributed by atoms with van der Waals surface area (Å²) < 4.78 is 12.9. The molecule has 130 valence electrons. The fraction of sp³-hybridized carbons (Fsp3) is 0.190. The highest BCUT2D eigenvalue weighted by molar-refractivity contribution is 5.82. The van der Waals surface area contributed by atoms with Crippen LogP contribution in [0.3, 0.4) is 0 Å². The van der Waals surface area contributed by atoms with Gasteiger partial charge in [-0.2, -0.15) is 5.10 Å². The Morgan fingerprint density at radius 3 is 2.36 bits per heavy atom. The van der Waals surface area contributed by atoms with E-state index in [9.17, 15) is 4.39 Å². The third-order valence-corrected chi connectivity index (χ3v) is 3.97. The van der Waals surface area contributed by atoms with E-state index in [1.165, 1.54) is 17.0 Å². The quantitative estimate of drug-likeness (QED) is 0.376. The van der Waals surface area contributed by atoms with Crippen molar-refractivity contribution in [1.29, 1.82) is 0 Å². The number of halogens is 1. The molecule has 2 N–H and O–H groups in total. The molecule has 0 saturated heterocycles. The first-order chi connectivity index (χ1) is 12.1. The maximum atomic E-state index is 12.9. The molecule has 2 heterocycles. The predicted molar refractivity (Wildman–Crippen MR) is 104 cm³/mol. The third kappa shape index (κ3) is 4.57. The van der Waals surface area contributed by atoms with Gasteiger partial charge in [-0.25, -0.2) is 4.39 Å². The smallest absolute Gasteiger partial charge is 0.126 e. The highest BCUT2D eigenvalue weighted by atomic mass is 19.1. The first-order valence-electron chi connectivity index (χ1n) is 8.26. The molecule has 0 fully saturated rings. The lowest BCUT2D eigenvalue weighted by Gasteiger charge is -1.96. The normalized spacial score (nSPS) is 10.4. The number of aromatic amines is 2. The number of allylic oxidation sites excluding steroid dienone is 2. The Bertz CT molecular complexity index is 960. The molecule has 4 rings (SSSR count). The summed E-state index contributed by atoms with van der Waals surface area (Å²) >= 11 is 0. The molecule has 4 heteroatoms. The number of nitrogens with one attached hydrogen (secondary N) is 2. The Kier molecular flexibility index (Phi) is 6.52. The van der Waals surface area contributed by atoms with Crippen LogP contribution < -0.4 is 0 Å². The molecule has 0 amide bonds. The van der Waals surface area contributed by atoms with Crippen molar-refractivity contribution in [2.75, 3.05) is 0 Å². The van der Waals surface area contributed by atoms with Gasteiger partial charge in [0, 0.05) is 22.5 Å². The Morgan fingerprint density at radius 2 is 1.68 bits per heavy atom. The molecule has 0 aliphatic heterocycles. The van der Waals surface area contributed by atoms with Crippen molar-refractivity contribution in [2.45, 2.75) is 27.7 Å². The Labute approximate surface area is 147 Å². The molecule has 0 radical (unpaired) electrons. The van der Waals surface area contributed by atoms with Crippen LogP contribution in [-0.4, -0.2) is 15.2 Å². The Balaban J connectivity index is 0.000000150. The Morgan fingerprint density at radius 1 is 0.920 bits per heavy atom. The van der Waals surface area contributed by atoms with Crippen LogP contribution in [-0.2, 0) is 0 Å². The number of hydrogen-bond donors (Lipinski definition) is 2. The molecule has 2 aromatic heterocycles. The summed E-state index contributed by atoms with van der Waals surface area (Å²) in [7, 11) is 0. The van der Waals surface area contributed by atoms with Crippen LogP contribution in [0.4, 0.5) is 4.39 Å². The van der Waals surface area contributed by atoms with Gasteiger partial charge in [-0.1, -0.05) is 24.3 Å². The van der Waals surface area contributed by atoms with E-state index < -0.39 is 0 Å². The number of rotatable bonds is 0. The summed E-state index contributed by atoms with van der Waals surface area (Å²) in [5.41, 5.74) is 4.08. The van der Waals surface area contributed by atoms with Crippen LogP contribution in [0.15, 0.2) is 60.9 Å². The average Bonchev–Trinajstić information content (AvgIpc) is 3.29. The van der Waals surface area contributed by atoms with Crippen LogP contribution in [0, 0.1) is 19.7 Å². The first-order valence-corrected chi connectivity index (χ1v) is 8.26. The van der Waals surface area contributed by atoms with Gasteiger partial charge in [0.25, 0.3) is 0 Å². The van der Waals surface area contributed by atoms with Crippen molar-refractivity contribution in [3.63, 3.8) is 0 Å². The molecule has 0 spiro atoms. The largest absolute Gasteiger partial charge is 0.361 e. The van der Waals surface area contributed by atoms with E-state index in [0.29, 0.717) is 5.56 Å². The van der Waals surface area contributed by atoms with E-state index in [1.807, 2.05) is 56.6 Å². The van der Waals surface area contributed by atoms with E-state index >= 15 is 0 Å². The zero-order chi connectivity index (χ0) is 18.2. The van der Waals surface area contributed by atoms with Crippen molar-refractivity contribution in [2.24, 2.45) is 0 Å². The summed E-state index contributed by atoms with van der Waals surface area (Å²) in [5, 5.41) is 9.02. The van der Waals surface area contributed by atoms with Gasteiger partial charge in [-0.05, 0) is 63.1 Å². The number of hydrogen-bond acceptors (Lipinski definition) is 1. The SMILES string of the molecule is CC=CC.Cc1c(F)ccc2[nH]ccc12.Cc1cccc2[nH]ncc12. The third-order valence-electron chi connectivity index (χ3n) is 3.97. The van der Waals surface area contributed by atoms with Crippen LogP contribution in [0.2, 0.25) is 0 Å². The highest BCUT2D eigenvalue weighted by Crippen LogP contribution is 2.19. The molecule has 0 saturated carbocycles. The standard InChI is InChI=1S/C9H8FN.C8H8N2.C4H8/c1-6-7-4-5-11-9(7)3-2-8(6)10;1-6-3-2-4-8-7(6)5-9-10-8;1-3-4-2/h2-5,11H,1H3;2-5H,1H3,(H,9,10);3-4H,1-2H3. The number of nitrogens with zero attached hydrogens (tertiary/aromatic N) is 1. The van der Waals surface area contributed by atoms with Gasteiger partial charge >= 0.3 is 0 Å². The molecule has 0 aliphatic carbocycles. The highest BCUT2D eigenvalue weighted by Gasteiger charge is 2.01. The van der Waals surface area contributed by atoms with Gasteiger partial charge in [0.1, 0.15) is 5.82 Å². The second kappa shape index (κ2) is 8.83. The lowest BCUT2D eigenvalue weighted by Crippen LogP contribution is -1.81. The maximum absolute atomic E-state index is 12.9. The van der Waals surface area contributed by atoms with Crippen LogP contribution in [0.5, 0.6) is 0 Å². The number of benzene rings is 2. The van der Waals surface area contributed by atoms with Gasteiger partial charge < -0.3 is 4.98 Å². The summed E-state index contributed by atoms with van der Waals surface area (Å²) in [6, 6.07) is 11.2. The molecule has 0 unspecified atom stereocenters. The molecule has 0 aliphatic rings. The molecule has 25 heavy (non-hydrogen) atoms. The molecular formula is C21H24FN3. The monoisotopic (exact) mass is 337 g/mol. The van der Waals surface area contributed by atoms with Crippen LogP contribution in [0.1, 0.15) is 25.0 Å². The van der Waals surface area contributed by atoms with Crippen molar-refractivity contribution < 1.29 is 4.39 Å². The number of aryl methyl sites for hydroxylation is 2. The van der Waals surface area contributed by atoms with Gasteiger partial charge in [-0.3, -0.25) is 5.10 Å². The van der Waals surface area contributed by atoms with E-state index in [2.05, 4.69) is 28.2 Å². The van der Waals surface area contributed by atoms with Crippen LogP contribution in [0.25, 0.3) is 21.8 Å². The Hall–Kier alpha value is -2.88. The molecule has 4 aromatic rings. The number of H-pyrrole nitrogens is 2. The van der Waals surface area contributed by atoms with Crippen molar-refractivity contribution in [1.82, 2.24) is 15.2 Å². The predicted octanol–water partition coefficient (Wildman–Crippen LogP) is 6.07. The topological polar surface area (TPSA) is 44.5 Å². The summed E-state index contributed by atoms with van der Waals surface area (Å²) in [4.78, 5) is 3.02. The van der Waals surface area contributed by atoms with E-state index in [-0.39, 0.29) is 5.82 Å². The fourth-order valence-electron chi connectivity index (χ4n) is 2.37. The van der Waals surface area contributed by atoms with Crippen molar-refractivity contribution in [3.8, 4) is 0 Å². The molecule has 2 aromatic carbocycles. The van der Waals surface area contributed by atoms with Gasteiger partial charge in [0.05, 0.1) is 11.7 Å². The van der Waals surface area contributed by atoms with Crippen LogP contribution >= 0.6 is 0 Å². The van der Waals surface area contributed by atoms with Gasteiger partial charge in [-0.15, -0.1) is 0 Å². The van der Waals surface area contributed by atoms with E-state index in [1.54, 1.807) is 13.0 Å². The molecule has 0 atom stereocenters. The average molecular weight is 337 g/mol. The minimum Gasteiger partial charge on any atom is -0.361 e. The molecule has 0 bridgehead atoms. The molecule has 3 nitrogen and oxygen atoms in total. The second-order valence-corrected chi connectivity index (χ2v) is 5.68. The first kappa shape index (κ1) is 18.5. The lowest BCUT2D eigenvalue weighted by atomic mass is 10.1. The summed E-state index contributed by atoms with van der Waals surface area (Å²) in [6.07, 6.45) is 7.67. The lowest BCUT2D eigenvalue weighted by molar-refractivity contribution is 0.621. The van der Waals surface area contributed by atoms with Gasteiger partial charge in [0.2, 0.25) is 0 Å². The summed E-state index contributed by atoms with van der Waals surface area (Å²) in [6.45, 7) is 7.86. The zero-order valence-electron chi connectivity index (χ0n) is 15.1. The number of fused-ring (bicyclic) bond motifs is 2. The van der Waals surface area contributed by atoms with Gasteiger partial charge in [0.15, 0.2) is 0 Å². The zero-order valence-corrected chi connectivity index (χ0v) is 15.1. The van der Waals surface area contributed by atoms with Crippen molar-refractivity contribution >= 4 is 21.8 Å². The maximum Gasteiger partial charge on any atom is 0.126 e. The minimum absolute atomic E-state index is 0.142. The van der Waals surface area contributed by atoms with E-state index in [0.717, 1.165) is 16.4 Å². The minimum atomic E-state index is -0.142.